The second-order valence-corrected chi connectivity index (χ2v) is 4.97. The molecule has 0 aliphatic rings. The molecule has 0 spiro atoms. The van der Waals surface area contributed by atoms with Crippen molar-refractivity contribution in [1.82, 2.24) is 4.90 Å². The zero-order valence-corrected chi connectivity index (χ0v) is 11.9. The monoisotopic (exact) mass is 323 g/mol. The van der Waals surface area contributed by atoms with Crippen LogP contribution in [0.4, 0.5) is 8.78 Å². The third kappa shape index (κ3) is 4.51. The number of hydrogen-bond donors (Lipinski definition) is 1. The predicted octanol–water partition coefficient (Wildman–Crippen LogP) is 2.78. The van der Waals surface area contributed by atoms with E-state index in [9.17, 15) is 8.78 Å². The van der Waals surface area contributed by atoms with Gasteiger partial charge in [-0.05, 0) is 31.7 Å². The van der Waals surface area contributed by atoms with Gasteiger partial charge in [-0.3, -0.25) is 4.90 Å². The van der Waals surface area contributed by atoms with Crippen LogP contribution in [0.3, 0.4) is 0 Å². The van der Waals surface area contributed by atoms with Crippen LogP contribution in [0.1, 0.15) is 11.1 Å². The molecule has 0 radical (unpaired) electrons. The number of halogens is 3. The maximum absolute atomic E-state index is 12.4. The van der Waals surface area contributed by atoms with Gasteiger partial charge < -0.3 is 9.84 Å². The largest absolute Gasteiger partial charge is 0.434 e. The van der Waals surface area contributed by atoms with Crippen molar-refractivity contribution in [1.29, 1.82) is 0 Å². The Morgan fingerprint density at radius 1 is 1.44 bits per heavy atom. The highest BCUT2D eigenvalue weighted by Crippen LogP contribution is 2.30. The molecule has 0 fully saturated rings. The molecule has 0 aliphatic heterocycles. The Morgan fingerprint density at radius 2 is 2.11 bits per heavy atom. The summed E-state index contributed by atoms with van der Waals surface area (Å²) in [6, 6.07) is 3.48. The summed E-state index contributed by atoms with van der Waals surface area (Å²) in [6.45, 7) is -0.193. The fraction of sp³-hybridized carbons (Fsp3) is 0.500. The van der Waals surface area contributed by atoms with Gasteiger partial charge in [0.05, 0.1) is 6.61 Å². The third-order valence-electron chi connectivity index (χ3n) is 2.45. The SMILES string of the molecule is Cc1cc(Br)cc(CN(C)CCO)c1OC(F)F. The summed E-state index contributed by atoms with van der Waals surface area (Å²) in [5.41, 5.74) is 1.31. The Hall–Kier alpha value is -0.720. The number of hydrogen-bond acceptors (Lipinski definition) is 3. The lowest BCUT2D eigenvalue weighted by Gasteiger charge is -2.19. The topological polar surface area (TPSA) is 32.7 Å². The molecule has 18 heavy (non-hydrogen) atoms. The van der Waals surface area contributed by atoms with Gasteiger partial charge in [0.2, 0.25) is 0 Å². The molecule has 1 aromatic carbocycles. The Labute approximate surface area is 113 Å². The van der Waals surface area contributed by atoms with Gasteiger partial charge >= 0.3 is 6.61 Å². The van der Waals surface area contributed by atoms with E-state index in [1.165, 1.54) is 0 Å². The maximum atomic E-state index is 12.4. The molecule has 0 saturated heterocycles. The molecular weight excluding hydrogens is 308 g/mol. The van der Waals surface area contributed by atoms with E-state index in [1.807, 2.05) is 4.90 Å². The standard InChI is InChI=1S/C12H16BrF2NO2/c1-8-5-10(13)6-9(7-16(2)3-4-17)11(8)18-12(14)15/h5-6,12,17H,3-4,7H2,1-2H3. The van der Waals surface area contributed by atoms with Crippen molar-refractivity contribution in [2.75, 3.05) is 20.2 Å². The highest BCUT2D eigenvalue weighted by Gasteiger charge is 2.14. The molecular formula is C12H16BrF2NO2. The molecule has 0 heterocycles. The van der Waals surface area contributed by atoms with Crippen LogP contribution in [0.5, 0.6) is 5.75 Å². The summed E-state index contributed by atoms with van der Waals surface area (Å²) >= 11 is 3.33. The zero-order valence-electron chi connectivity index (χ0n) is 10.3. The molecule has 3 nitrogen and oxygen atoms in total. The molecule has 1 aromatic rings. The molecule has 0 saturated carbocycles. The van der Waals surface area contributed by atoms with E-state index in [-0.39, 0.29) is 12.4 Å². The van der Waals surface area contributed by atoms with Crippen molar-refractivity contribution in [2.45, 2.75) is 20.1 Å². The lowest BCUT2D eigenvalue weighted by Crippen LogP contribution is -2.22. The van der Waals surface area contributed by atoms with Crippen LogP contribution in [-0.2, 0) is 6.54 Å². The van der Waals surface area contributed by atoms with Crippen LogP contribution < -0.4 is 4.74 Å². The number of aliphatic hydroxyl groups excluding tert-OH is 1. The number of alkyl halides is 2. The molecule has 1 N–H and O–H groups in total. The van der Waals surface area contributed by atoms with Crippen molar-refractivity contribution >= 4 is 15.9 Å². The summed E-state index contributed by atoms with van der Waals surface area (Å²) in [6.07, 6.45) is 0. The van der Waals surface area contributed by atoms with Gasteiger partial charge in [0.25, 0.3) is 0 Å². The minimum atomic E-state index is -2.84. The first-order valence-electron chi connectivity index (χ1n) is 5.47. The summed E-state index contributed by atoms with van der Waals surface area (Å²) in [5, 5.41) is 8.84. The minimum Gasteiger partial charge on any atom is -0.434 e. The van der Waals surface area contributed by atoms with Crippen LogP contribution in [0.25, 0.3) is 0 Å². The average molecular weight is 324 g/mol. The first-order valence-corrected chi connectivity index (χ1v) is 6.26. The number of aryl methyl sites for hydroxylation is 1. The summed E-state index contributed by atoms with van der Waals surface area (Å²) in [4.78, 5) is 1.83. The van der Waals surface area contributed by atoms with E-state index in [4.69, 9.17) is 5.11 Å². The number of benzene rings is 1. The predicted molar refractivity (Wildman–Crippen MR) is 68.9 cm³/mol. The molecule has 6 heteroatoms. The van der Waals surface area contributed by atoms with Crippen LogP contribution >= 0.6 is 15.9 Å². The van der Waals surface area contributed by atoms with Gasteiger partial charge in [0.1, 0.15) is 5.75 Å². The van der Waals surface area contributed by atoms with Crippen molar-refractivity contribution in [3.63, 3.8) is 0 Å². The number of rotatable bonds is 6. The van der Waals surface area contributed by atoms with Crippen molar-refractivity contribution in [2.24, 2.45) is 0 Å². The fourth-order valence-electron chi connectivity index (χ4n) is 1.72. The Balaban J connectivity index is 2.99. The third-order valence-corrected chi connectivity index (χ3v) is 2.90. The second kappa shape index (κ2) is 7.01. The molecule has 0 aromatic heterocycles. The summed E-state index contributed by atoms with van der Waals surface area (Å²) < 4.78 is 30.1. The second-order valence-electron chi connectivity index (χ2n) is 4.05. The van der Waals surface area contributed by atoms with Crippen LogP contribution in [0.2, 0.25) is 0 Å². The van der Waals surface area contributed by atoms with Gasteiger partial charge in [-0.15, -0.1) is 0 Å². The van der Waals surface area contributed by atoms with Gasteiger partial charge in [-0.1, -0.05) is 15.9 Å². The summed E-state index contributed by atoms with van der Waals surface area (Å²) in [5.74, 6) is 0.206. The first-order chi connectivity index (χ1) is 8.43. The van der Waals surface area contributed by atoms with Crippen molar-refractivity contribution in [3.8, 4) is 5.75 Å². The quantitative estimate of drug-likeness (QED) is 0.873. The van der Waals surface area contributed by atoms with E-state index in [0.717, 1.165) is 4.47 Å². The van der Waals surface area contributed by atoms with E-state index in [1.54, 1.807) is 26.1 Å². The maximum Gasteiger partial charge on any atom is 0.387 e. The molecule has 0 bridgehead atoms. The van der Waals surface area contributed by atoms with Gasteiger partial charge in [-0.2, -0.15) is 8.78 Å². The Bertz CT molecular complexity index is 402. The highest BCUT2D eigenvalue weighted by atomic mass is 79.9. The number of aliphatic hydroxyl groups is 1. The summed E-state index contributed by atoms with van der Waals surface area (Å²) in [7, 11) is 1.80. The van der Waals surface area contributed by atoms with Gasteiger partial charge in [0.15, 0.2) is 0 Å². The number of ether oxygens (including phenoxy) is 1. The average Bonchev–Trinajstić information content (AvgIpc) is 2.23. The van der Waals surface area contributed by atoms with Crippen LogP contribution in [-0.4, -0.2) is 36.8 Å². The molecule has 0 amide bonds. The highest BCUT2D eigenvalue weighted by molar-refractivity contribution is 9.10. The van der Waals surface area contributed by atoms with E-state index < -0.39 is 6.61 Å². The molecule has 0 aliphatic carbocycles. The van der Waals surface area contributed by atoms with Gasteiger partial charge in [0, 0.05) is 23.1 Å². The smallest absolute Gasteiger partial charge is 0.387 e. The van der Waals surface area contributed by atoms with Crippen LogP contribution in [0.15, 0.2) is 16.6 Å². The Morgan fingerprint density at radius 3 is 2.67 bits per heavy atom. The van der Waals surface area contributed by atoms with E-state index >= 15 is 0 Å². The van der Waals surface area contributed by atoms with E-state index in [0.29, 0.717) is 24.2 Å². The fourth-order valence-corrected chi connectivity index (χ4v) is 2.33. The first kappa shape index (κ1) is 15.3. The molecule has 1 rings (SSSR count). The molecule has 0 atom stereocenters. The number of likely N-dealkylation sites (N-methyl/N-ethyl adjacent to an activating group) is 1. The Kier molecular flexibility index (Phi) is 5.98. The normalized spacial score (nSPS) is 11.3. The van der Waals surface area contributed by atoms with Crippen LogP contribution in [0, 0.1) is 6.92 Å². The molecule has 0 unspecified atom stereocenters. The lowest BCUT2D eigenvalue weighted by molar-refractivity contribution is -0.0512. The lowest BCUT2D eigenvalue weighted by atomic mass is 10.1. The zero-order chi connectivity index (χ0) is 13.7. The number of nitrogens with zero attached hydrogens (tertiary/aromatic N) is 1. The molecule has 102 valence electrons. The van der Waals surface area contributed by atoms with E-state index in [2.05, 4.69) is 20.7 Å². The minimum absolute atomic E-state index is 0.0223. The van der Waals surface area contributed by atoms with Gasteiger partial charge in [-0.25, -0.2) is 0 Å². The van der Waals surface area contributed by atoms with Crippen molar-refractivity contribution in [3.05, 3.63) is 27.7 Å². The van der Waals surface area contributed by atoms with Crippen molar-refractivity contribution < 1.29 is 18.6 Å².